The van der Waals surface area contributed by atoms with Crippen molar-refractivity contribution >= 4 is 0 Å². The fourth-order valence-corrected chi connectivity index (χ4v) is 4.37. The molecule has 1 aromatic rings. The Kier molecular flexibility index (Phi) is 10.9. The van der Waals surface area contributed by atoms with Gasteiger partial charge in [0.15, 0.2) is 11.6 Å². The molecule has 0 amide bonds. The molecule has 0 aliphatic heterocycles. The van der Waals surface area contributed by atoms with Gasteiger partial charge in [0.05, 0.1) is 6.61 Å². The first-order valence-corrected chi connectivity index (χ1v) is 11.7. The standard InChI is InChI=1S/C25H40F2O/c1-3-5-7-8-10-12-22-17-18-23(25(27)24(22)26)28-19-21-15-13-20(14-16-21)11-9-6-4-2/h17-18,20-21H,3-16,19H2,1-2H3/t20-,21-. The van der Waals surface area contributed by atoms with Crippen molar-refractivity contribution in [2.75, 3.05) is 6.61 Å². The minimum absolute atomic E-state index is 0.0808. The minimum Gasteiger partial charge on any atom is -0.490 e. The van der Waals surface area contributed by atoms with Gasteiger partial charge in [-0.3, -0.25) is 0 Å². The van der Waals surface area contributed by atoms with Crippen LogP contribution in [0.5, 0.6) is 5.75 Å². The highest BCUT2D eigenvalue weighted by Crippen LogP contribution is 2.33. The van der Waals surface area contributed by atoms with E-state index in [0.29, 0.717) is 24.5 Å². The van der Waals surface area contributed by atoms with E-state index in [9.17, 15) is 8.78 Å². The highest BCUT2D eigenvalue weighted by molar-refractivity contribution is 5.31. The third-order valence-electron chi connectivity index (χ3n) is 6.33. The van der Waals surface area contributed by atoms with Gasteiger partial charge < -0.3 is 4.74 Å². The van der Waals surface area contributed by atoms with Gasteiger partial charge in [-0.15, -0.1) is 0 Å². The van der Waals surface area contributed by atoms with Crippen molar-refractivity contribution in [3.8, 4) is 5.75 Å². The van der Waals surface area contributed by atoms with Crippen molar-refractivity contribution in [3.63, 3.8) is 0 Å². The lowest BCUT2D eigenvalue weighted by Gasteiger charge is -2.28. The molecule has 1 aliphatic carbocycles. The monoisotopic (exact) mass is 394 g/mol. The highest BCUT2D eigenvalue weighted by atomic mass is 19.2. The Labute approximate surface area is 171 Å². The summed E-state index contributed by atoms with van der Waals surface area (Å²) in [7, 11) is 0. The van der Waals surface area contributed by atoms with Crippen LogP contribution in [-0.4, -0.2) is 6.61 Å². The molecule has 1 nitrogen and oxygen atoms in total. The molecule has 160 valence electrons. The second kappa shape index (κ2) is 13.2. The zero-order valence-corrected chi connectivity index (χ0v) is 18.1. The van der Waals surface area contributed by atoms with E-state index in [-0.39, 0.29) is 5.75 Å². The Morgan fingerprint density at radius 3 is 2.14 bits per heavy atom. The van der Waals surface area contributed by atoms with Gasteiger partial charge in [-0.1, -0.05) is 84.1 Å². The fraction of sp³-hybridized carbons (Fsp3) is 0.760. The van der Waals surface area contributed by atoms with Crippen molar-refractivity contribution < 1.29 is 13.5 Å². The second-order valence-electron chi connectivity index (χ2n) is 8.71. The first-order chi connectivity index (χ1) is 13.7. The van der Waals surface area contributed by atoms with Crippen LogP contribution in [0, 0.1) is 23.5 Å². The molecule has 3 heteroatoms. The van der Waals surface area contributed by atoms with Crippen LogP contribution in [0.2, 0.25) is 0 Å². The lowest BCUT2D eigenvalue weighted by atomic mass is 9.80. The Morgan fingerprint density at radius 1 is 0.786 bits per heavy atom. The molecule has 0 spiro atoms. The third kappa shape index (κ3) is 7.72. The summed E-state index contributed by atoms with van der Waals surface area (Å²) < 4.78 is 34.4. The van der Waals surface area contributed by atoms with E-state index < -0.39 is 11.6 Å². The number of halogens is 2. The second-order valence-corrected chi connectivity index (χ2v) is 8.71. The van der Waals surface area contributed by atoms with Crippen LogP contribution in [0.15, 0.2) is 12.1 Å². The van der Waals surface area contributed by atoms with Crippen molar-refractivity contribution in [2.45, 2.75) is 104 Å². The lowest BCUT2D eigenvalue weighted by Crippen LogP contribution is -2.20. The Hall–Kier alpha value is -1.12. The molecule has 0 heterocycles. The van der Waals surface area contributed by atoms with E-state index in [0.717, 1.165) is 31.6 Å². The van der Waals surface area contributed by atoms with E-state index in [1.807, 2.05) is 0 Å². The highest BCUT2D eigenvalue weighted by Gasteiger charge is 2.22. The molecule has 28 heavy (non-hydrogen) atoms. The van der Waals surface area contributed by atoms with Crippen molar-refractivity contribution in [3.05, 3.63) is 29.3 Å². The van der Waals surface area contributed by atoms with Gasteiger partial charge in [-0.2, -0.15) is 4.39 Å². The topological polar surface area (TPSA) is 9.23 Å². The number of ether oxygens (including phenoxy) is 1. The lowest BCUT2D eigenvalue weighted by molar-refractivity contribution is 0.172. The zero-order chi connectivity index (χ0) is 20.2. The molecule has 0 bridgehead atoms. The normalized spacial score (nSPS) is 19.7. The molecule has 1 aliphatic rings. The van der Waals surface area contributed by atoms with E-state index in [2.05, 4.69) is 13.8 Å². The van der Waals surface area contributed by atoms with Crippen LogP contribution in [-0.2, 0) is 6.42 Å². The largest absolute Gasteiger partial charge is 0.490 e. The first kappa shape index (κ1) is 23.2. The molecule has 0 unspecified atom stereocenters. The molecule has 1 aromatic carbocycles. The summed E-state index contributed by atoms with van der Waals surface area (Å²) in [5.74, 6) is -0.110. The molecular weight excluding hydrogens is 354 g/mol. The third-order valence-corrected chi connectivity index (χ3v) is 6.33. The summed E-state index contributed by atoms with van der Waals surface area (Å²) >= 11 is 0. The average Bonchev–Trinajstić information content (AvgIpc) is 2.71. The number of unbranched alkanes of at least 4 members (excludes halogenated alkanes) is 6. The van der Waals surface area contributed by atoms with Crippen molar-refractivity contribution in [1.82, 2.24) is 0 Å². The fourth-order valence-electron chi connectivity index (χ4n) is 4.37. The number of aryl methyl sites for hydroxylation is 1. The van der Waals surface area contributed by atoms with Crippen LogP contribution in [0.25, 0.3) is 0 Å². The van der Waals surface area contributed by atoms with Gasteiger partial charge in [0.2, 0.25) is 5.82 Å². The number of benzene rings is 1. The molecule has 1 fully saturated rings. The van der Waals surface area contributed by atoms with Gasteiger partial charge in [-0.25, -0.2) is 4.39 Å². The van der Waals surface area contributed by atoms with E-state index in [4.69, 9.17) is 4.74 Å². The summed E-state index contributed by atoms with van der Waals surface area (Å²) in [4.78, 5) is 0. The van der Waals surface area contributed by atoms with Gasteiger partial charge in [0.25, 0.3) is 0 Å². The molecule has 0 aromatic heterocycles. The summed E-state index contributed by atoms with van der Waals surface area (Å²) in [6, 6.07) is 3.33. The van der Waals surface area contributed by atoms with E-state index in [1.54, 1.807) is 12.1 Å². The summed E-state index contributed by atoms with van der Waals surface area (Å²) in [6.45, 7) is 4.93. The summed E-state index contributed by atoms with van der Waals surface area (Å²) in [5.41, 5.74) is 0.480. The van der Waals surface area contributed by atoms with Gasteiger partial charge in [0.1, 0.15) is 0 Å². The Bertz CT molecular complexity index is 550. The number of rotatable bonds is 13. The molecular formula is C25H40F2O. The molecule has 2 rings (SSSR count). The van der Waals surface area contributed by atoms with E-state index in [1.165, 1.54) is 57.8 Å². The minimum atomic E-state index is -0.806. The van der Waals surface area contributed by atoms with Crippen LogP contribution in [0.4, 0.5) is 8.78 Å². The first-order valence-electron chi connectivity index (χ1n) is 11.7. The summed E-state index contributed by atoms with van der Waals surface area (Å²) in [6.07, 6.45) is 16.3. The molecule has 1 saturated carbocycles. The van der Waals surface area contributed by atoms with Crippen molar-refractivity contribution in [1.29, 1.82) is 0 Å². The SMILES string of the molecule is CCCCCCCc1ccc(OC[C@H]2CC[C@H](CCCCC)CC2)c(F)c1F. The maximum Gasteiger partial charge on any atom is 0.200 e. The quantitative estimate of drug-likeness (QED) is 0.306. The van der Waals surface area contributed by atoms with Crippen LogP contribution in [0.3, 0.4) is 0 Å². The molecule has 0 radical (unpaired) electrons. The molecule has 0 atom stereocenters. The molecule has 0 N–H and O–H groups in total. The zero-order valence-electron chi connectivity index (χ0n) is 18.1. The smallest absolute Gasteiger partial charge is 0.200 e. The number of hydrogen-bond donors (Lipinski definition) is 0. The Morgan fingerprint density at radius 2 is 1.43 bits per heavy atom. The predicted molar refractivity (Wildman–Crippen MR) is 114 cm³/mol. The van der Waals surface area contributed by atoms with Crippen LogP contribution >= 0.6 is 0 Å². The van der Waals surface area contributed by atoms with Crippen LogP contribution < -0.4 is 4.74 Å². The Balaban J connectivity index is 1.73. The average molecular weight is 395 g/mol. The van der Waals surface area contributed by atoms with Gasteiger partial charge in [0, 0.05) is 0 Å². The van der Waals surface area contributed by atoms with Crippen LogP contribution in [0.1, 0.15) is 103 Å². The maximum atomic E-state index is 14.4. The van der Waals surface area contributed by atoms with Gasteiger partial charge >= 0.3 is 0 Å². The van der Waals surface area contributed by atoms with Gasteiger partial charge in [-0.05, 0) is 49.1 Å². The van der Waals surface area contributed by atoms with Crippen molar-refractivity contribution in [2.24, 2.45) is 11.8 Å². The number of hydrogen-bond acceptors (Lipinski definition) is 1. The maximum absolute atomic E-state index is 14.4. The van der Waals surface area contributed by atoms with E-state index >= 15 is 0 Å². The molecule has 0 saturated heterocycles. The summed E-state index contributed by atoms with van der Waals surface area (Å²) in [5, 5.41) is 0. The predicted octanol–water partition coefficient (Wildman–Crippen LogP) is 8.24.